The largest absolute Gasteiger partial charge is 0.497 e. The Labute approximate surface area is 171 Å². The molecule has 0 aromatic heterocycles. The van der Waals surface area contributed by atoms with Gasteiger partial charge in [-0.2, -0.15) is 0 Å². The molecule has 1 aliphatic heterocycles. The van der Waals surface area contributed by atoms with E-state index in [-0.39, 0.29) is 18.4 Å². The minimum absolute atomic E-state index is 0.00200. The number of nitrogens with zero attached hydrogens (tertiary/aromatic N) is 1. The van der Waals surface area contributed by atoms with E-state index < -0.39 is 11.9 Å². The summed E-state index contributed by atoms with van der Waals surface area (Å²) in [4.78, 5) is 26.1. The lowest BCUT2D eigenvalue weighted by molar-refractivity contribution is -0.141. The molecule has 0 aliphatic carbocycles. The number of benzene rings is 2. The van der Waals surface area contributed by atoms with Crippen molar-refractivity contribution in [2.24, 2.45) is 5.92 Å². The normalized spacial score (nSPS) is 18.5. The van der Waals surface area contributed by atoms with Crippen molar-refractivity contribution in [2.75, 3.05) is 27.3 Å². The van der Waals surface area contributed by atoms with Gasteiger partial charge in [0.2, 0.25) is 5.91 Å². The maximum atomic E-state index is 12.7. The number of likely N-dealkylation sites (tertiary alicyclic amines) is 1. The average molecular weight is 397 g/mol. The molecule has 2 aromatic carbocycles. The van der Waals surface area contributed by atoms with E-state index in [1.165, 1.54) is 0 Å². The van der Waals surface area contributed by atoms with E-state index in [4.69, 9.17) is 9.47 Å². The molecule has 1 heterocycles. The zero-order chi connectivity index (χ0) is 20.8. The van der Waals surface area contributed by atoms with Crippen LogP contribution >= 0.6 is 0 Å². The topological polar surface area (TPSA) is 76.1 Å². The van der Waals surface area contributed by atoms with Crippen molar-refractivity contribution < 1.29 is 24.2 Å². The molecule has 0 saturated carbocycles. The van der Waals surface area contributed by atoms with Gasteiger partial charge in [-0.15, -0.1) is 0 Å². The predicted octanol–water partition coefficient (Wildman–Crippen LogP) is 3.35. The summed E-state index contributed by atoms with van der Waals surface area (Å²) in [6.07, 6.45) is 1.76. The van der Waals surface area contributed by atoms with Crippen LogP contribution in [-0.4, -0.2) is 49.2 Å². The molecule has 0 spiro atoms. The van der Waals surface area contributed by atoms with Gasteiger partial charge in [-0.05, 0) is 30.0 Å². The van der Waals surface area contributed by atoms with Crippen LogP contribution in [-0.2, 0) is 16.0 Å². The second-order valence-electron chi connectivity index (χ2n) is 7.29. The van der Waals surface area contributed by atoms with E-state index in [1.807, 2.05) is 48.5 Å². The van der Waals surface area contributed by atoms with Crippen LogP contribution in [0.1, 0.15) is 29.9 Å². The SMILES string of the molecule is COc1ccc(CCCC(=O)N2CC(C(=O)O)C(c3ccccc3)C2)c(OC)c1. The number of ether oxygens (including phenoxy) is 2. The van der Waals surface area contributed by atoms with E-state index in [1.54, 1.807) is 19.1 Å². The Bertz CT molecular complexity index is 852. The first-order valence-corrected chi connectivity index (χ1v) is 9.80. The van der Waals surface area contributed by atoms with Crippen molar-refractivity contribution in [1.29, 1.82) is 0 Å². The highest BCUT2D eigenvalue weighted by Gasteiger charge is 2.40. The summed E-state index contributed by atoms with van der Waals surface area (Å²) in [5, 5.41) is 9.61. The molecule has 1 aliphatic rings. The quantitative estimate of drug-likeness (QED) is 0.739. The van der Waals surface area contributed by atoms with Gasteiger partial charge >= 0.3 is 5.97 Å². The van der Waals surface area contributed by atoms with Crippen molar-refractivity contribution in [2.45, 2.75) is 25.2 Å². The molecule has 0 radical (unpaired) electrons. The van der Waals surface area contributed by atoms with Crippen molar-refractivity contribution in [3.8, 4) is 11.5 Å². The third kappa shape index (κ3) is 4.88. The number of methoxy groups -OCH3 is 2. The fourth-order valence-electron chi connectivity index (χ4n) is 3.94. The van der Waals surface area contributed by atoms with Crippen molar-refractivity contribution in [3.05, 3.63) is 59.7 Å². The van der Waals surface area contributed by atoms with Crippen LogP contribution in [0.4, 0.5) is 0 Å². The Morgan fingerprint density at radius 3 is 2.48 bits per heavy atom. The summed E-state index contributed by atoms with van der Waals surface area (Å²) in [7, 11) is 3.22. The van der Waals surface area contributed by atoms with Gasteiger partial charge in [0.15, 0.2) is 0 Å². The van der Waals surface area contributed by atoms with Gasteiger partial charge < -0.3 is 19.5 Å². The first-order chi connectivity index (χ1) is 14.0. The third-order valence-corrected chi connectivity index (χ3v) is 5.55. The minimum Gasteiger partial charge on any atom is -0.497 e. The van der Waals surface area contributed by atoms with Gasteiger partial charge in [0.05, 0.1) is 20.1 Å². The molecule has 2 aromatic rings. The molecule has 6 heteroatoms. The van der Waals surface area contributed by atoms with Crippen molar-refractivity contribution in [3.63, 3.8) is 0 Å². The Balaban J connectivity index is 1.59. The van der Waals surface area contributed by atoms with Gasteiger partial charge in [0.25, 0.3) is 0 Å². The molecule has 1 fully saturated rings. The zero-order valence-corrected chi connectivity index (χ0v) is 16.8. The minimum atomic E-state index is -0.850. The maximum absolute atomic E-state index is 12.7. The Morgan fingerprint density at radius 1 is 1.07 bits per heavy atom. The number of amides is 1. The first-order valence-electron chi connectivity index (χ1n) is 9.80. The van der Waals surface area contributed by atoms with Crippen LogP contribution in [0.3, 0.4) is 0 Å². The van der Waals surface area contributed by atoms with Crippen LogP contribution < -0.4 is 9.47 Å². The number of aliphatic carboxylic acids is 1. The Kier molecular flexibility index (Phi) is 6.75. The van der Waals surface area contributed by atoms with Gasteiger partial charge in [0, 0.05) is 31.5 Å². The molecular weight excluding hydrogens is 370 g/mol. The molecule has 154 valence electrons. The van der Waals surface area contributed by atoms with Crippen LogP contribution in [0.2, 0.25) is 0 Å². The molecule has 1 amide bonds. The van der Waals surface area contributed by atoms with E-state index in [0.717, 1.165) is 22.6 Å². The number of rotatable bonds is 8. The maximum Gasteiger partial charge on any atom is 0.308 e. The highest BCUT2D eigenvalue weighted by molar-refractivity contribution is 5.79. The second-order valence-corrected chi connectivity index (χ2v) is 7.29. The summed E-state index contributed by atoms with van der Waals surface area (Å²) in [6, 6.07) is 15.2. The third-order valence-electron chi connectivity index (χ3n) is 5.55. The number of carbonyl (C=O) groups is 2. The molecular formula is C23H27NO5. The zero-order valence-electron chi connectivity index (χ0n) is 16.8. The van der Waals surface area contributed by atoms with E-state index in [9.17, 15) is 14.7 Å². The predicted molar refractivity (Wildman–Crippen MR) is 109 cm³/mol. The number of carbonyl (C=O) groups excluding carboxylic acids is 1. The van der Waals surface area contributed by atoms with Crippen LogP contribution in [0.15, 0.2) is 48.5 Å². The number of aryl methyl sites for hydroxylation is 1. The van der Waals surface area contributed by atoms with Crippen molar-refractivity contribution >= 4 is 11.9 Å². The van der Waals surface area contributed by atoms with Gasteiger partial charge in [-0.25, -0.2) is 0 Å². The summed E-state index contributed by atoms with van der Waals surface area (Å²) < 4.78 is 10.6. The standard InChI is InChI=1S/C23H27NO5/c1-28-18-12-11-17(21(13-18)29-2)9-6-10-22(25)24-14-19(20(15-24)23(26)27)16-7-4-3-5-8-16/h3-5,7-8,11-13,19-20H,6,9-10,14-15H2,1-2H3,(H,26,27). The smallest absolute Gasteiger partial charge is 0.308 e. The second kappa shape index (κ2) is 9.45. The molecule has 0 bridgehead atoms. The molecule has 3 rings (SSSR count). The highest BCUT2D eigenvalue weighted by atomic mass is 16.5. The number of carboxylic acids is 1. The molecule has 2 unspecified atom stereocenters. The number of hydrogen-bond acceptors (Lipinski definition) is 4. The number of carboxylic acid groups (broad SMARTS) is 1. The Hall–Kier alpha value is -3.02. The molecule has 6 nitrogen and oxygen atoms in total. The van der Waals surface area contributed by atoms with Crippen LogP contribution in [0, 0.1) is 5.92 Å². The fourth-order valence-corrected chi connectivity index (χ4v) is 3.94. The Morgan fingerprint density at radius 2 is 1.83 bits per heavy atom. The lowest BCUT2D eigenvalue weighted by Crippen LogP contribution is -2.29. The molecule has 29 heavy (non-hydrogen) atoms. The summed E-state index contributed by atoms with van der Waals surface area (Å²) in [5.74, 6) is -0.111. The lowest BCUT2D eigenvalue weighted by atomic mass is 9.89. The number of hydrogen-bond donors (Lipinski definition) is 1. The average Bonchev–Trinajstić information content (AvgIpc) is 3.20. The van der Waals surface area contributed by atoms with Gasteiger partial charge in [-0.1, -0.05) is 36.4 Å². The fraction of sp³-hybridized carbons (Fsp3) is 0.391. The molecule has 1 saturated heterocycles. The van der Waals surface area contributed by atoms with Crippen LogP contribution in [0.5, 0.6) is 11.5 Å². The molecule has 1 N–H and O–H groups in total. The van der Waals surface area contributed by atoms with E-state index >= 15 is 0 Å². The van der Waals surface area contributed by atoms with Gasteiger partial charge in [-0.3, -0.25) is 9.59 Å². The van der Waals surface area contributed by atoms with Gasteiger partial charge in [0.1, 0.15) is 11.5 Å². The summed E-state index contributed by atoms with van der Waals surface area (Å²) >= 11 is 0. The van der Waals surface area contributed by atoms with Crippen LogP contribution in [0.25, 0.3) is 0 Å². The summed E-state index contributed by atoms with van der Waals surface area (Å²) in [6.45, 7) is 0.714. The summed E-state index contributed by atoms with van der Waals surface area (Å²) in [5.41, 5.74) is 1.99. The molecule has 2 atom stereocenters. The lowest BCUT2D eigenvalue weighted by Gasteiger charge is -2.17. The first kappa shape index (κ1) is 20.7. The van der Waals surface area contributed by atoms with Crippen molar-refractivity contribution in [1.82, 2.24) is 4.90 Å². The van der Waals surface area contributed by atoms with E-state index in [2.05, 4.69) is 0 Å². The van der Waals surface area contributed by atoms with E-state index in [0.29, 0.717) is 25.8 Å². The highest BCUT2D eigenvalue weighted by Crippen LogP contribution is 2.33. The monoisotopic (exact) mass is 397 g/mol.